The number of carbonyl (C=O) groups is 1. The van der Waals surface area contributed by atoms with Crippen molar-refractivity contribution in [2.45, 2.75) is 0 Å². The maximum atomic E-state index is 11.6. The number of aromatic nitrogens is 2. The molecule has 2 aromatic carbocycles. The Bertz CT molecular complexity index is 919. The van der Waals surface area contributed by atoms with Crippen LogP contribution in [0.3, 0.4) is 0 Å². The Balaban J connectivity index is 2.00. The van der Waals surface area contributed by atoms with E-state index in [1.54, 1.807) is 36.4 Å². The molecule has 0 spiro atoms. The fourth-order valence-electron chi connectivity index (χ4n) is 2.16. The number of nitrogens with zero attached hydrogens (tertiary/aromatic N) is 3. The molecule has 0 aliphatic rings. The third kappa shape index (κ3) is 2.84. The standard InChI is InChI=1S/C16H11N3O5/c1-23-16(20)11-6-4-5-10(9-11)14-17-18-15(24-14)12-7-2-3-8-13(12)19(21)22/h2-9H,1H3. The van der Waals surface area contributed by atoms with Crippen molar-refractivity contribution < 1.29 is 18.9 Å². The van der Waals surface area contributed by atoms with Crippen molar-refractivity contribution in [1.82, 2.24) is 10.2 Å². The van der Waals surface area contributed by atoms with Crippen molar-refractivity contribution in [2.75, 3.05) is 7.11 Å². The minimum absolute atomic E-state index is 0.0285. The van der Waals surface area contributed by atoms with Crippen LogP contribution in [-0.2, 0) is 4.74 Å². The first-order valence-corrected chi connectivity index (χ1v) is 6.86. The molecule has 0 unspecified atom stereocenters. The van der Waals surface area contributed by atoms with Crippen LogP contribution in [0.4, 0.5) is 5.69 Å². The van der Waals surface area contributed by atoms with Crippen molar-refractivity contribution in [2.24, 2.45) is 0 Å². The van der Waals surface area contributed by atoms with Gasteiger partial charge in [-0.2, -0.15) is 0 Å². The SMILES string of the molecule is COC(=O)c1cccc(-c2nnc(-c3ccccc3[N+](=O)[O-])o2)c1. The number of nitro benzene ring substituents is 1. The van der Waals surface area contributed by atoms with Crippen LogP contribution in [-0.4, -0.2) is 28.2 Å². The Kier molecular flexibility index (Phi) is 4.02. The van der Waals surface area contributed by atoms with Gasteiger partial charge in [-0.1, -0.05) is 18.2 Å². The largest absolute Gasteiger partial charge is 0.465 e. The van der Waals surface area contributed by atoms with Crippen molar-refractivity contribution in [3.63, 3.8) is 0 Å². The van der Waals surface area contributed by atoms with Crippen LogP contribution < -0.4 is 0 Å². The number of methoxy groups -OCH3 is 1. The van der Waals surface area contributed by atoms with Crippen LogP contribution in [0.25, 0.3) is 22.9 Å². The molecule has 1 aromatic heterocycles. The number of nitro groups is 1. The zero-order valence-electron chi connectivity index (χ0n) is 12.5. The highest BCUT2D eigenvalue weighted by molar-refractivity contribution is 5.90. The molecule has 0 N–H and O–H groups in total. The molecule has 0 fully saturated rings. The lowest BCUT2D eigenvalue weighted by atomic mass is 10.1. The number of carbonyl (C=O) groups excluding carboxylic acids is 1. The molecular formula is C16H11N3O5. The number of hydrogen-bond acceptors (Lipinski definition) is 7. The van der Waals surface area contributed by atoms with Crippen molar-refractivity contribution in [3.05, 3.63) is 64.2 Å². The first-order valence-electron chi connectivity index (χ1n) is 6.86. The van der Waals surface area contributed by atoms with Gasteiger partial charge in [-0.25, -0.2) is 4.79 Å². The smallest absolute Gasteiger partial charge is 0.337 e. The normalized spacial score (nSPS) is 10.4. The summed E-state index contributed by atoms with van der Waals surface area (Å²) in [5.41, 5.74) is 0.942. The second-order valence-corrected chi connectivity index (χ2v) is 4.76. The third-order valence-corrected chi connectivity index (χ3v) is 3.29. The number of benzene rings is 2. The Morgan fingerprint density at radius 3 is 2.62 bits per heavy atom. The molecule has 3 rings (SSSR count). The summed E-state index contributed by atoms with van der Waals surface area (Å²) in [7, 11) is 1.29. The molecule has 3 aromatic rings. The van der Waals surface area contributed by atoms with Crippen LogP contribution in [0.2, 0.25) is 0 Å². The van der Waals surface area contributed by atoms with Gasteiger partial charge in [0.1, 0.15) is 5.56 Å². The highest BCUT2D eigenvalue weighted by Gasteiger charge is 2.20. The Morgan fingerprint density at radius 1 is 1.12 bits per heavy atom. The summed E-state index contributed by atoms with van der Waals surface area (Å²) in [6, 6.07) is 12.6. The molecule has 0 aliphatic heterocycles. The van der Waals surface area contributed by atoms with Gasteiger partial charge in [0.05, 0.1) is 17.6 Å². The van der Waals surface area contributed by atoms with Crippen LogP contribution >= 0.6 is 0 Å². The Labute approximate surface area is 135 Å². The van der Waals surface area contributed by atoms with Crippen LogP contribution in [0.15, 0.2) is 52.9 Å². The van der Waals surface area contributed by atoms with Gasteiger partial charge in [-0.3, -0.25) is 10.1 Å². The van der Waals surface area contributed by atoms with E-state index in [9.17, 15) is 14.9 Å². The average molecular weight is 325 g/mol. The van der Waals surface area contributed by atoms with Gasteiger partial charge in [-0.05, 0) is 24.3 Å². The van der Waals surface area contributed by atoms with E-state index in [1.165, 1.54) is 19.2 Å². The minimum Gasteiger partial charge on any atom is -0.465 e. The first kappa shape index (κ1) is 15.3. The summed E-state index contributed by atoms with van der Waals surface area (Å²) in [5, 5.41) is 18.9. The molecule has 1 heterocycles. The van der Waals surface area contributed by atoms with E-state index in [4.69, 9.17) is 4.42 Å². The molecule has 0 atom stereocenters. The molecule has 0 bridgehead atoms. The summed E-state index contributed by atoms with van der Waals surface area (Å²) in [6.45, 7) is 0. The maximum absolute atomic E-state index is 11.6. The lowest BCUT2D eigenvalue weighted by Crippen LogP contribution is -2.00. The minimum atomic E-state index is -0.517. The van der Waals surface area contributed by atoms with Gasteiger partial charge >= 0.3 is 5.97 Å². The second-order valence-electron chi connectivity index (χ2n) is 4.76. The van der Waals surface area contributed by atoms with Gasteiger partial charge in [0.15, 0.2) is 0 Å². The number of esters is 1. The van der Waals surface area contributed by atoms with E-state index in [0.29, 0.717) is 11.1 Å². The molecular weight excluding hydrogens is 314 g/mol. The van der Waals surface area contributed by atoms with Gasteiger partial charge < -0.3 is 9.15 Å². The Hall–Kier alpha value is -3.55. The van der Waals surface area contributed by atoms with E-state index in [-0.39, 0.29) is 23.0 Å². The number of para-hydroxylation sites is 1. The zero-order chi connectivity index (χ0) is 17.1. The molecule has 120 valence electrons. The fourth-order valence-corrected chi connectivity index (χ4v) is 2.16. The second kappa shape index (κ2) is 6.29. The molecule has 8 heteroatoms. The van der Waals surface area contributed by atoms with Gasteiger partial charge in [0.25, 0.3) is 11.6 Å². The first-order chi connectivity index (χ1) is 11.6. The van der Waals surface area contributed by atoms with E-state index < -0.39 is 10.9 Å². The monoisotopic (exact) mass is 325 g/mol. The molecule has 0 saturated carbocycles. The summed E-state index contributed by atoms with van der Waals surface area (Å²) in [6.07, 6.45) is 0. The van der Waals surface area contributed by atoms with Crippen molar-refractivity contribution in [3.8, 4) is 22.9 Å². The zero-order valence-corrected chi connectivity index (χ0v) is 12.5. The summed E-state index contributed by atoms with van der Waals surface area (Å²) in [4.78, 5) is 22.2. The van der Waals surface area contributed by atoms with E-state index in [0.717, 1.165) is 0 Å². The predicted octanol–water partition coefficient (Wildman–Crippen LogP) is 3.10. The topological polar surface area (TPSA) is 108 Å². The van der Waals surface area contributed by atoms with Crippen LogP contribution in [0, 0.1) is 10.1 Å². The van der Waals surface area contributed by atoms with E-state index in [2.05, 4.69) is 14.9 Å². The molecule has 0 radical (unpaired) electrons. The summed E-state index contributed by atoms with van der Waals surface area (Å²) in [5.74, 6) is -0.315. The molecule has 0 saturated heterocycles. The third-order valence-electron chi connectivity index (χ3n) is 3.29. The number of hydrogen-bond donors (Lipinski definition) is 0. The average Bonchev–Trinajstić information content (AvgIpc) is 3.11. The fraction of sp³-hybridized carbons (Fsp3) is 0.0625. The number of ether oxygens (including phenoxy) is 1. The highest BCUT2D eigenvalue weighted by atomic mass is 16.6. The van der Waals surface area contributed by atoms with Crippen LogP contribution in [0.1, 0.15) is 10.4 Å². The van der Waals surface area contributed by atoms with Gasteiger partial charge in [0.2, 0.25) is 5.89 Å². The lowest BCUT2D eigenvalue weighted by molar-refractivity contribution is -0.384. The number of rotatable bonds is 4. The highest BCUT2D eigenvalue weighted by Crippen LogP contribution is 2.30. The summed E-state index contributed by atoms with van der Waals surface area (Å²) < 4.78 is 10.2. The molecule has 0 aliphatic carbocycles. The van der Waals surface area contributed by atoms with Crippen molar-refractivity contribution in [1.29, 1.82) is 0 Å². The summed E-state index contributed by atoms with van der Waals surface area (Å²) >= 11 is 0. The van der Waals surface area contributed by atoms with Gasteiger partial charge in [0, 0.05) is 11.6 Å². The lowest BCUT2D eigenvalue weighted by Gasteiger charge is -2.00. The molecule has 8 nitrogen and oxygen atoms in total. The van der Waals surface area contributed by atoms with Crippen molar-refractivity contribution >= 4 is 11.7 Å². The van der Waals surface area contributed by atoms with E-state index in [1.807, 2.05) is 0 Å². The van der Waals surface area contributed by atoms with E-state index >= 15 is 0 Å². The predicted molar refractivity (Wildman–Crippen MR) is 83.2 cm³/mol. The molecule has 0 amide bonds. The van der Waals surface area contributed by atoms with Gasteiger partial charge in [-0.15, -0.1) is 10.2 Å². The Morgan fingerprint density at radius 2 is 1.88 bits per heavy atom. The maximum Gasteiger partial charge on any atom is 0.337 e. The quantitative estimate of drug-likeness (QED) is 0.412. The van der Waals surface area contributed by atoms with Crippen LogP contribution in [0.5, 0.6) is 0 Å². The molecule has 24 heavy (non-hydrogen) atoms.